The van der Waals surface area contributed by atoms with Crippen molar-refractivity contribution in [3.8, 4) is 0 Å². The van der Waals surface area contributed by atoms with Crippen molar-refractivity contribution in [2.75, 3.05) is 0 Å². The molecule has 1 fully saturated rings. The summed E-state index contributed by atoms with van der Waals surface area (Å²) in [6.45, 7) is 0. The van der Waals surface area contributed by atoms with Crippen molar-refractivity contribution in [1.29, 1.82) is 0 Å². The number of carbonyl (C=O) groups is 6. The monoisotopic (exact) mass is 306 g/mol. The fourth-order valence-corrected chi connectivity index (χ4v) is 2.76. The van der Waals surface area contributed by atoms with Gasteiger partial charge in [0.2, 0.25) is 16.2 Å². The summed E-state index contributed by atoms with van der Waals surface area (Å²) in [5.41, 5.74) is -12.3. The molecule has 114 valence electrons. The maximum Gasteiger partial charge on any atom is 0.324 e. The van der Waals surface area contributed by atoms with Gasteiger partial charge in [0.15, 0.2) is 0 Å². The molecular weight excluding hydrogens is 300 g/mol. The quantitative estimate of drug-likeness (QED) is 0.279. The van der Waals surface area contributed by atoms with Crippen LogP contribution in [0.25, 0.3) is 0 Å². The van der Waals surface area contributed by atoms with Crippen LogP contribution in [0.2, 0.25) is 0 Å². The van der Waals surface area contributed by atoms with E-state index in [9.17, 15) is 28.8 Å². The van der Waals surface area contributed by atoms with E-state index in [1.165, 1.54) is 0 Å². The van der Waals surface area contributed by atoms with Crippen LogP contribution in [0, 0.1) is 16.2 Å². The SMILES string of the molecule is O=C(O)C1(C(=O)O)C(C(=O)O)(C(=O)O)C1(C(=O)O)C(=O)O. The van der Waals surface area contributed by atoms with Gasteiger partial charge < -0.3 is 30.6 Å². The molecule has 1 aliphatic rings. The van der Waals surface area contributed by atoms with E-state index in [0.29, 0.717) is 0 Å². The zero-order valence-corrected chi connectivity index (χ0v) is 9.63. The lowest BCUT2D eigenvalue weighted by molar-refractivity contribution is -0.171. The average Bonchev–Trinajstić information content (AvgIpc) is 2.90. The predicted molar refractivity (Wildman–Crippen MR) is 53.1 cm³/mol. The van der Waals surface area contributed by atoms with Crippen molar-refractivity contribution >= 4 is 35.8 Å². The fourth-order valence-electron chi connectivity index (χ4n) is 2.76. The van der Waals surface area contributed by atoms with Gasteiger partial charge >= 0.3 is 35.8 Å². The normalized spacial score (nSPS) is 20.0. The van der Waals surface area contributed by atoms with Gasteiger partial charge in [-0.2, -0.15) is 0 Å². The lowest BCUT2D eigenvalue weighted by Crippen LogP contribution is -2.40. The number of hydrogen-bond acceptors (Lipinski definition) is 6. The lowest BCUT2D eigenvalue weighted by atomic mass is 9.93. The Bertz CT molecular complexity index is 473. The van der Waals surface area contributed by atoms with Crippen LogP contribution < -0.4 is 0 Å². The van der Waals surface area contributed by atoms with Gasteiger partial charge in [-0.25, -0.2) is 0 Å². The van der Waals surface area contributed by atoms with Crippen molar-refractivity contribution < 1.29 is 59.4 Å². The Morgan fingerprint density at radius 2 is 0.476 bits per heavy atom. The van der Waals surface area contributed by atoms with Gasteiger partial charge in [0.05, 0.1) is 0 Å². The number of aliphatic carboxylic acids is 6. The third-order valence-electron chi connectivity index (χ3n) is 3.55. The van der Waals surface area contributed by atoms with Crippen molar-refractivity contribution in [3.63, 3.8) is 0 Å². The largest absolute Gasteiger partial charge is 0.480 e. The summed E-state index contributed by atoms with van der Waals surface area (Å²) in [5, 5.41) is 53.4. The van der Waals surface area contributed by atoms with Crippen LogP contribution in [0.1, 0.15) is 0 Å². The minimum Gasteiger partial charge on any atom is -0.480 e. The predicted octanol–water partition coefficient (Wildman–Crippen LogP) is -2.53. The molecule has 0 amide bonds. The van der Waals surface area contributed by atoms with Crippen LogP contribution >= 0.6 is 0 Å². The molecule has 0 bridgehead atoms. The zero-order chi connectivity index (χ0) is 17.0. The molecule has 0 aromatic carbocycles. The second kappa shape index (κ2) is 3.91. The number of hydrogen-bond donors (Lipinski definition) is 6. The van der Waals surface area contributed by atoms with E-state index >= 15 is 0 Å². The Kier molecular flexibility index (Phi) is 2.95. The Hall–Kier alpha value is -3.18. The minimum absolute atomic E-state index is 2.70. The van der Waals surface area contributed by atoms with Gasteiger partial charge in [-0.3, -0.25) is 28.8 Å². The van der Waals surface area contributed by atoms with Crippen molar-refractivity contribution in [3.05, 3.63) is 0 Å². The highest BCUT2D eigenvalue weighted by Crippen LogP contribution is 2.79. The molecule has 0 aromatic rings. The second-order valence-corrected chi connectivity index (χ2v) is 4.08. The van der Waals surface area contributed by atoms with Crippen LogP contribution in [0.4, 0.5) is 0 Å². The van der Waals surface area contributed by atoms with Gasteiger partial charge in [-0.05, 0) is 0 Å². The Morgan fingerprint density at radius 1 is 0.381 bits per heavy atom. The molecule has 12 nitrogen and oxygen atoms in total. The summed E-state index contributed by atoms with van der Waals surface area (Å²) in [7, 11) is 0. The van der Waals surface area contributed by atoms with Gasteiger partial charge in [-0.15, -0.1) is 0 Å². The highest BCUT2D eigenvalue weighted by molar-refractivity contribution is 6.33. The summed E-state index contributed by atoms with van der Waals surface area (Å²) < 4.78 is 0. The Labute approximate surface area is 112 Å². The highest BCUT2D eigenvalue weighted by atomic mass is 16.4. The molecule has 0 heterocycles. The average molecular weight is 306 g/mol. The first kappa shape index (κ1) is 15.9. The molecule has 0 radical (unpaired) electrons. The van der Waals surface area contributed by atoms with E-state index in [1.807, 2.05) is 0 Å². The third kappa shape index (κ3) is 1.11. The first-order chi connectivity index (χ1) is 9.41. The van der Waals surface area contributed by atoms with Gasteiger partial charge in [0.25, 0.3) is 0 Å². The van der Waals surface area contributed by atoms with Gasteiger partial charge in [0.1, 0.15) is 0 Å². The molecule has 12 heteroatoms. The third-order valence-corrected chi connectivity index (χ3v) is 3.55. The number of carboxylic acids is 6. The van der Waals surface area contributed by atoms with Crippen LogP contribution in [-0.2, 0) is 28.8 Å². The van der Waals surface area contributed by atoms with Crippen molar-refractivity contribution in [2.24, 2.45) is 16.2 Å². The highest BCUT2D eigenvalue weighted by Gasteiger charge is 3.09. The smallest absolute Gasteiger partial charge is 0.324 e. The molecule has 21 heavy (non-hydrogen) atoms. The maximum atomic E-state index is 11.1. The zero-order valence-electron chi connectivity index (χ0n) is 9.63. The molecule has 0 aromatic heterocycles. The number of rotatable bonds is 6. The van der Waals surface area contributed by atoms with E-state index in [1.54, 1.807) is 0 Å². The molecule has 6 N–H and O–H groups in total. The van der Waals surface area contributed by atoms with Crippen LogP contribution in [0.3, 0.4) is 0 Å². The number of carboxylic acid groups (broad SMARTS) is 6. The maximum absolute atomic E-state index is 11.1. The molecule has 0 unspecified atom stereocenters. The Balaban J connectivity index is 4.10. The van der Waals surface area contributed by atoms with Crippen LogP contribution in [0.5, 0.6) is 0 Å². The second-order valence-electron chi connectivity index (χ2n) is 4.08. The molecule has 0 atom stereocenters. The molecule has 1 aliphatic carbocycles. The molecule has 0 saturated heterocycles. The van der Waals surface area contributed by atoms with E-state index in [4.69, 9.17) is 30.6 Å². The standard InChI is InChI=1S/C9H6O12/c10-1(11)7(2(12)13)8(3(14)15,4(16)17)9(7,5(18)19)6(20)21/h(H,10,11)(H,12,13)(H,14,15)(H,16,17)(H,18,19)(H,20,21). The summed E-state index contributed by atoms with van der Waals surface area (Å²) in [6.07, 6.45) is 0. The lowest BCUT2D eigenvalue weighted by Gasteiger charge is -2.09. The van der Waals surface area contributed by atoms with E-state index in [-0.39, 0.29) is 0 Å². The summed E-state index contributed by atoms with van der Waals surface area (Å²) in [5.74, 6) is -16.2. The minimum atomic E-state index is -4.10. The van der Waals surface area contributed by atoms with Gasteiger partial charge in [-0.1, -0.05) is 0 Å². The van der Waals surface area contributed by atoms with E-state index < -0.39 is 52.1 Å². The van der Waals surface area contributed by atoms with Crippen LogP contribution in [-0.4, -0.2) is 66.5 Å². The molecule has 0 aliphatic heterocycles. The Morgan fingerprint density at radius 3 is 0.524 bits per heavy atom. The molecular formula is C9H6O12. The van der Waals surface area contributed by atoms with E-state index in [2.05, 4.69) is 0 Å². The van der Waals surface area contributed by atoms with Gasteiger partial charge in [0, 0.05) is 0 Å². The fraction of sp³-hybridized carbons (Fsp3) is 0.333. The first-order valence-corrected chi connectivity index (χ1v) is 4.82. The van der Waals surface area contributed by atoms with E-state index in [0.717, 1.165) is 0 Å². The molecule has 0 spiro atoms. The summed E-state index contributed by atoms with van der Waals surface area (Å²) >= 11 is 0. The van der Waals surface area contributed by atoms with Crippen LogP contribution in [0.15, 0.2) is 0 Å². The van der Waals surface area contributed by atoms with Crippen molar-refractivity contribution in [1.82, 2.24) is 0 Å². The first-order valence-electron chi connectivity index (χ1n) is 4.82. The molecule has 1 saturated carbocycles. The summed E-state index contributed by atoms with van der Waals surface area (Å²) in [4.78, 5) is 66.8. The topological polar surface area (TPSA) is 224 Å². The van der Waals surface area contributed by atoms with Crippen molar-refractivity contribution in [2.45, 2.75) is 0 Å². The summed E-state index contributed by atoms with van der Waals surface area (Å²) in [6, 6.07) is 0. The molecule has 1 rings (SSSR count).